The van der Waals surface area contributed by atoms with Gasteiger partial charge in [0.1, 0.15) is 12.4 Å². The van der Waals surface area contributed by atoms with E-state index in [0.29, 0.717) is 6.54 Å². The number of aryl methyl sites for hydroxylation is 2. The van der Waals surface area contributed by atoms with Gasteiger partial charge < -0.3 is 4.90 Å². The number of amides is 1. The van der Waals surface area contributed by atoms with Crippen LogP contribution in [0.2, 0.25) is 0 Å². The summed E-state index contributed by atoms with van der Waals surface area (Å²) in [6.07, 6.45) is 0. The smallest absolute Gasteiger partial charge is 0.244 e. The third-order valence-corrected chi connectivity index (χ3v) is 4.26. The van der Waals surface area contributed by atoms with E-state index in [0.717, 1.165) is 11.1 Å². The van der Waals surface area contributed by atoms with Crippen molar-refractivity contribution in [2.24, 2.45) is 0 Å². The highest BCUT2D eigenvalue weighted by molar-refractivity contribution is 5.76. The topological polar surface area (TPSA) is 63.9 Å². The zero-order valence-electron chi connectivity index (χ0n) is 15.0. The quantitative estimate of drug-likeness (QED) is 0.707. The average molecular weight is 353 g/mol. The van der Waals surface area contributed by atoms with Gasteiger partial charge in [-0.3, -0.25) is 4.79 Å². The van der Waals surface area contributed by atoms with Crippen LogP contribution >= 0.6 is 0 Å². The molecule has 134 valence electrons. The van der Waals surface area contributed by atoms with E-state index in [1.54, 1.807) is 30.1 Å². The van der Waals surface area contributed by atoms with Crippen molar-refractivity contribution in [3.05, 3.63) is 65.0 Å². The van der Waals surface area contributed by atoms with E-state index < -0.39 is 5.82 Å². The Bertz CT molecular complexity index is 937. The molecule has 0 N–H and O–H groups in total. The lowest BCUT2D eigenvalue weighted by atomic mass is 10.1. The van der Waals surface area contributed by atoms with Crippen molar-refractivity contribution in [2.45, 2.75) is 26.9 Å². The second kappa shape index (κ2) is 7.43. The SMILES string of the molecule is Cc1ccc(CN(C)C(=O)Cn2nnnc2-c2ccccc2F)c(C)c1. The number of likely N-dealkylation sites (N-methyl/N-ethyl adjacent to an activating group) is 1. The number of nitrogens with zero attached hydrogens (tertiary/aromatic N) is 5. The number of carbonyl (C=O) groups excluding carboxylic acids is 1. The minimum Gasteiger partial charge on any atom is -0.340 e. The molecule has 26 heavy (non-hydrogen) atoms. The fourth-order valence-electron chi connectivity index (χ4n) is 2.76. The predicted molar refractivity (Wildman–Crippen MR) is 95.6 cm³/mol. The first-order valence-electron chi connectivity index (χ1n) is 8.27. The zero-order chi connectivity index (χ0) is 18.7. The second-order valence-electron chi connectivity index (χ2n) is 6.32. The van der Waals surface area contributed by atoms with Crippen molar-refractivity contribution in [1.82, 2.24) is 25.1 Å². The van der Waals surface area contributed by atoms with E-state index in [1.165, 1.54) is 16.3 Å². The largest absolute Gasteiger partial charge is 0.340 e. The Hall–Kier alpha value is -3.09. The van der Waals surface area contributed by atoms with E-state index in [9.17, 15) is 9.18 Å². The van der Waals surface area contributed by atoms with Crippen LogP contribution in [-0.2, 0) is 17.9 Å². The summed E-state index contributed by atoms with van der Waals surface area (Å²) in [7, 11) is 1.73. The van der Waals surface area contributed by atoms with E-state index in [1.807, 2.05) is 26.0 Å². The van der Waals surface area contributed by atoms with Crippen LogP contribution in [0.25, 0.3) is 11.4 Å². The Balaban J connectivity index is 1.74. The highest BCUT2D eigenvalue weighted by Crippen LogP contribution is 2.19. The molecule has 0 aliphatic rings. The minimum absolute atomic E-state index is 0.0575. The van der Waals surface area contributed by atoms with Gasteiger partial charge in [0.2, 0.25) is 5.91 Å². The van der Waals surface area contributed by atoms with Crippen molar-refractivity contribution >= 4 is 5.91 Å². The number of tetrazole rings is 1. The van der Waals surface area contributed by atoms with Gasteiger partial charge in [-0.05, 0) is 47.5 Å². The first-order valence-corrected chi connectivity index (χ1v) is 8.27. The van der Waals surface area contributed by atoms with E-state index in [2.05, 4.69) is 21.6 Å². The number of aromatic nitrogens is 4. The molecule has 0 radical (unpaired) electrons. The molecular weight excluding hydrogens is 333 g/mol. The Morgan fingerprint density at radius 2 is 1.96 bits per heavy atom. The van der Waals surface area contributed by atoms with Gasteiger partial charge in [0.25, 0.3) is 0 Å². The summed E-state index contributed by atoms with van der Waals surface area (Å²) < 4.78 is 15.3. The van der Waals surface area contributed by atoms with E-state index in [-0.39, 0.29) is 23.8 Å². The van der Waals surface area contributed by atoms with Gasteiger partial charge in [0.15, 0.2) is 5.82 Å². The first-order chi connectivity index (χ1) is 12.5. The Labute approximate surface area is 151 Å². The summed E-state index contributed by atoms with van der Waals surface area (Å²) in [4.78, 5) is 14.2. The molecule has 0 aliphatic heterocycles. The van der Waals surface area contributed by atoms with Gasteiger partial charge >= 0.3 is 0 Å². The van der Waals surface area contributed by atoms with Crippen molar-refractivity contribution in [2.75, 3.05) is 7.05 Å². The Kier molecular flexibility index (Phi) is 5.06. The molecule has 0 saturated heterocycles. The minimum atomic E-state index is -0.431. The molecule has 1 aromatic heterocycles. The van der Waals surface area contributed by atoms with Crippen LogP contribution in [0.5, 0.6) is 0 Å². The van der Waals surface area contributed by atoms with E-state index in [4.69, 9.17) is 0 Å². The molecule has 0 aliphatic carbocycles. The van der Waals surface area contributed by atoms with Crippen molar-refractivity contribution < 1.29 is 9.18 Å². The predicted octanol–water partition coefficient (Wildman–Crippen LogP) is 2.75. The van der Waals surface area contributed by atoms with Crippen LogP contribution in [0, 0.1) is 19.7 Å². The third-order valence-electron chi connectivity index (χ3n) is 4.26. The van der Waals surface area contributed by atoms with Crippen LogP contribution < -0.4 is 0 Å². The lowest BCUT2D eigenvalue weighted by Gasteiger charge is -2.19. The summed E-state index contributed by atoms with van der Waals surface area (Å²) in [5.74, 6) is -0.356. The first kappa shape index (κ1) is 17.7. The fourth-order valence-corrected chi connectivity index (χ4v) is 2.76. The van der Waals surface area contributed by atoms with Crippen molar-refractivity contribution in [3.8, 4) is 11.4 Å². The van der Waals surface area contributed by atoms with Crippen LogP contribution in [-0.4, -0.2) is 38.1 Å². The summed E-state index contributed by atoms with van der Waals surface area (Å²) in [5, 5.41) is 11.3. The van der Waals surface area contributed by atoms with Gasteiger partial charge in [-0.15, -0.1) is 5.10 Å². The lowest BCUT2D eigenvalue weighted by molar-refractivity contribution is -0.131. The van der Waals surface area contributed by atoms with Gasteiger partial charge in [-0.1, -0.05) is 35.9 Å². The summed E-state index contributed by atoms with van der Waals surface area (Å²) in [6, 6.07) is 12.4. The van der Waals surface area contributed by atoms with Crippen molar-refractivity contribution in [3.63, 3.8) is 0 Å². The third kappa shape index (κ3) is 3.77. The average Bonchev–Trinajstić information content (AvgIpc) is 3.05. The molecule has 3 rings (SSSR count). The van der Waals surface area contributed by atoms with Gasteiger partial charge in [0, 0.05) is 13.6 Å². The highest BCUT2D eigenvalue weighted by Gasteiger charge is 2.18. The van der Waals surface area contributed by atoms with Gasteiger partial charge in [-0.2, -0.15) is 0 Å². The van der Waals surface area contributed by atoms with Crippen LogP contribution in [0.1, 0.15) is 16.7 Å². The number of benzene rings is 2. The standard InChI is InChI=1S/C19H20FN5O/c1-13-8-9-15(14(2)10-13)11-24(3)18(26)12-25-19(21-22-23-25)16-6-4-5-7-17(16)20/h4-10H,11-12H2,1-3H3. The molecule has 0 spiro atoms. The Morgan fingerprint density at radius 3 is 2.69 bits per heavy atom. The van der Waals surface area contributed by atoms with Crippen LogP contribution in [0.15, 0.2) is 42.5 Å². The van der Waals surface area contributed by atoms with E-state index >= 15 is 0 Å². The molecule has 0 fully saturated rings. The molecule has 6 nitrogen and oxygen atoms in total. The maximum atomic E-state index is 14.0. The maximum absolute atomic E-state index is 14.0. The summed E-state index contributed by atoms with van der Waals surface area (Å²) in [5.41, 5.74) is 3.67. The molecule has 3 aromatic rings. The number of rotatable bonds is 5. The van der Waals surface area contributed by atoms with Gasteiger partial charge in [-0.25, -0.2) is 9.07 Å². The van der Waals surface area contributed by atoms with Crippen molar-refractivity contribution in [1.29, 1.82) is 0 Å². The summed E-state index contributed by atoms with van der Waals surface area (Å²) >= 11 is 0. The zero-order valence-corrected chi connectivity index (χ0v) is 15.0. The number of hydrogen-bond acceptors (Lipinski definition) is 4. The normalized spacial score (nSPS) is 10.8. The lowest BCUT2D eigenvalue weighted by Crippen LogP contribution is -2.30. The monoisotopic (exact) mass is 353 g/mol. The van der Waals surface area contributed by atoms with Crippen LogP contribution in [0.4, 0.5) is 4.39 Å². The molecule has 2 aromatic carbocycles. The fraction of sp³-hybridized carbons (Fsp3) is 0.263. The molecule has 0 saturated carbocycles. The molecule has 1 heterocycles. The molecule has 7 heteroatoms. The molecule has 1 amide bonds. The summed E-state index contributed by atoms with van der Waals surface area (Å²) in [6.45, 7) is 4.49. The molecule has 0 atom stereocenters. The maximum Gasteiger partial charge on any atom is 0.244 e. The molecular formula is C19H20FN5O. The molecule has 0 unspecified atom stereocenters. The molecule has 0 bridgehead atoms. The van der Waals surface area contributed by atoms with Crippen LogP contribution in [0.3, 0.4) is 0 Å². The number of carbonyl (C=O) groups is 1. The Morgan fingerprint density at radius 1 is 1.19 bits per heavy atom. The second-order valence-corrected chi connectivity index (χ2v) is 6.32. The highest BCUT2D eigenvalue weighted by atomic mass is 19.1. The van der Waals surface area contributed by atoms with Gasteiger partial charge in [0.05, 0.1) is 5.56 Å². The number of halogens is 1. The number of hydrogen-bond donors (Lipinski definition) is 0.